The molecule has 0 saturated heterocycles. The predicted octanol–water partition coefficient (Wildman–Crippen LogP) is 4.78. The summed E-state index contributed by atoms with van der Waals surface area (Å²) in [7, 11) is 1.67. The SMILES string of the molecule is Cc1cc(NC(=O)C(C)(C)C)sc1C(=O)N(C)[C@H](C)c1cccc([N+](=O)[O-])c1. The van der Waals surface area contributed by atoms with E-state index in [-0.39, 0.29) is 23.5 Å². The predicted molar refractivity (Wildman–Crippen MR) is 111 cm³/mol. The molecule has 2 amide bonds. The normalized spacial score (nSPS) is 12.4. The summed E-state index contributed by atoms with van der Waals surface area (Å²) in [6, 6.07) is 7.71. The van der Waals surface area contributed by atoms with E-state index in [0.29, 0.717) is 15.4 Å². The maximum absolute atomic E-state index is 13.0. The second kappa shape index (κ2) is 8.10. The van der Waals surface area contributed by atoms with E-state index in [9.17, 15) is 19.7 Å². The smallest absolute Gasteiger partial charge is 0.269 e. The summed E-state index contributed by atoms with van der Waals surface area (Å²) in [5.41, 5.74) is 0.914. The number of nitro groups is 1. The van der Waals surface area contributed by atoms with Gasteiger partial charge in [0.05, 0.1) is 20.8 Å². The number of carbonyl (C=O) groups is 2. The molecule has 0 aliphatic carbocycles. The van der Waals surface area contributed by atoms with Crippen LogP contribution in [0.25, 0.3) is 0 Å². The summed E-state index contributed by atoms with van der Waals surface area (Å²) in [4.78, 5) is 37.8. The van der Waals surface area contributed by atoms with Gasteiger partial charge in [-0.1, -0.05) is 32.9 Å². The molecule has 1 heterocycles. The van der Waals surface area contributed by atoms with Gasteiger partial charge < -0.3 is 10.2 Å². The molecular weight excluding hydrogens is 378 g/mol. The Morgan fingerprint density at radius 2 is 1.89 bits per heavy atom. The van der Waals surface area contributed by atoms with Gasteiger partial charge in [0, 0.05) is 24.6 Å². The Hall–Kier alpha value is -2.74. The van der Waals surface area contributed by atoms with Crippen LogP contribution >= 0.6 is 11.3 Å². The van der Waals surface area contributed by atoms with Crippen LogP contribution < -0.4 is 5.32 Å². The Labute approximate surface area is 168 Å². The first-order valence-corrected chi connectivity index (χ1v) is 9.67. The number of nitrogens with zero attached hydrogens (tertiary/aromatic N) is 2. The molecule has 8 heteroatoms. The van der Waals surface area contributed by atoms with E-state index in [0.717, 1.165) is 5.56 Å². The number of rotatable bonds is 5. The Balaban J connectivity index is 2.22. The van der Waals surface area contributed by atoms with Crippen molar-refractivity contribution in [1.29, 1.82) is 0 Å². The monoisotopic (exact) mass is 403 g/mol. The number of benzene rings is 1. The molecule has 1 atom stereocenters. The van der Waals surface area contributed by atoms with Gasteiger partial charge in [0.25, 0.3) is 11.6 Å². The lowest BCUT2D eigenvalue weighted by Crippen LogP contribution is -2.29. The molecule has 0 bridgehead atoms. The van der Waals surface area contributed by atoms with E-state index in [1.165, 1.54) is 23.5 Å². The van der Waals surface area contributed by atoms with Gasteiger partial charge in [0.1, 0.15) is 0 Å². The van der Waals surface area contributed by atoms with Gasteiger partial charge in [-0.3, -0.25) is 19.7 Å². The number of amides is 2. The zero-order valence-electron chi connectivity index (χ0n) is 16.9. The highest BCUT2D eigenvalue weighted by Gasteiger charge is 2.26. The Morgan fingerprint density at radius 1 is 1.25 bits per heavy atom. The van der Waals surface area contributed by atoms with Crippen LogP contribution in [-0.4, -0.2) is 28.7 Å². The van der Waals surface area contributed by atoms with Crippen LogP contribution in [0.1, 0.15) is 54.5 Å². The molecule has 0 spiro atoms. The lowest BCUT2D eigenvalue weighted by molar-refractivity contribution is -0.384. The molecule has 28 heavy (non-hydrogen) atoms. The molecule has 2 rings (SSSR count). The van der Waals surface area contributed by atoms with Gasteiger partial charge in [0.15, 0.2) is 0 Å². The summed E-state index contributed by atoms with van der Waals surface area (Å²) in [5, 5.41) is 14.5. The first kappa shape index (κ1) is 21.6. The molecule has 0 saturated carbocycles. The molecule has 1 N–H and O–H groups in total. The zero-order chi connectivity index (χ0) is 21.2. The van der Waals surface area contributed by atoms with E-state index < -0.39 is 10.3 Å². The van der Waals surface area contributed by atoms with Gasteiger partial charge in [-0.15, -0.1) is 11.3 Å². The topological polar surface area (TPSA) is 92.6 Å². The average Bonchev–Trinajstić information content (AvgIpc) is 2.99. The Bertz CT molecular complexity index is 914. The third-order valence-corrected chi connectivity index (χ3v) is 5.64. The molecule has 0 radical (unpaired) electrons. The number of nitrogens with one attached hydrogen (secondary N) is 1. The molecule has 0 unspecified atom stereocenters. The minimum absolute atomic E-state index is 0.00955. The Morgan fingerprint density at radius 3 is 2.46 bits per heavy atom. The van der Waals surface area contributed by atoms with Crippen LogP contribution in [0.2, 0.25) is 0 Å². The van der Waals surface area contributed by atoms with Crippen LogP contribution in [0, 0.1) is 22.5 Å². The molecule has 0 aliphatic rings. The minimum atomic E-state index is -0.532. The molecule has 0 aliphatic heterocycles. The van der Waals surface area contributed by atoms with Crippen molar-refractivity contribution in [3.05, 3.63) is 56.5 Å². The third-order valence-electron chi connectivity index (χ3n) is 4.49. The average molecular weight is 404 g/mol. The lowest BCUT2D eigenvalue weighted by atomic mass is 9.96. The standard InChI is InChI=1S/C20H25N3O4S/c1-12-10-16(21-19(25)20(3,4)5)28-17(12)18(24)22(6)13(2)14-8-7-9-15(11-14)23(26)27/h7-11,13H,1-6H3,(H,21,25)/t13-/m1/s1. The van der Waals surface area contributed by atoms with Gasteiger partial charge in [-0.25, -0.2) is 0 Å². The number of non-ortho nitro benzene ring substituents is 1. The summed E-state index contributed by atoms with van der Waals surface area (Å²) in [5.74, 6) is -0.316. The van der Waals surface area contributed by atoms with Gasteiger partial charge in [-0.2, -0.15) is 0 Å². The second-order valence-corrected chi connectivity index (χ2v) is 8.82. The van der Waals surface area contributed by atoms with E-state index >= 15 is 0 Å². The van der Waals surface area contributed by atoms with Crippen molar-refractivity contribution in [2.75, 3.05) is 12.4 Å². The van der Waals surface area contributed by atoms with E-state index in [4.69, 9.17) is 0 Å². The summed E-state index contributed by atoms with van der Waals surface area (Å²) < 4.78 is 0. The molecule has 1 aromatic heterocycles. The van der Waals surface area contributed by atoms with Crippen LogP contribution in [0.3, 0.4) is 0 Å². The minimum Gasteiger partial charge on any atom is -0.334 e. The maximum atomic E-state index is 13.0. The van der Waals surface area contributed by atoms with E-state index in [2.05, 4.69) is 5.32 Å². The molecule has 150 valence electrons. The van der Waals surface area contributed by atoms with Crippen LogP contribution in [0.15, 0.2) is 30.3 Å². The molecular formula is C20H25N3O4S. The molecule has 1 aromatic carbocycles. The van der Waals surface area contributed by atoms with Crippen molar-refractivity contribution in [3.63, 3.8) is 0 Å². The summed E-state index contributed by atoms with van der Waals surface area (Å²) >= 11 is 1.23. The second-order valence-electron chi connectivity index (χ2n) is 7.77. The fourth-order valence-electron chi connectivity index (χ4n) is 2.51. The van der Waals surface area contributed by atoms with Crippen molar-refractivity contribution < 1.29 is 14.5 Å². The van der Waals surface area contributed by atoms with Crippen molar-refractivity contribution >= 4 is 33.8 Å². The van der Waals surface area contributed by atoms with E-state index in [1.807, 2.05) is 34.6 Å². The Kier molecular flexibility index (Phi) is 6.23. The van der Waals surface area contributed by atoms with Gasteiger partial charge in [-0.05, 0) is 31.0 Å². The van der Waals surface area contributed by atoms with Gasteiger partial charge >= 0.3 is 0 Å². The van der Waals surface area contributed by atoms with Crippen molar-refractivity contribution in [3.8, 4) is 0 Å². The zero-order valence-corrected chi connectivity index (χ0v) is 17.7. The molecule has 7 nitrogen and oxygen atoms in total. The quantitative estimate of drug-likeness (QED) is 0.574. The highest BCUT2D eigenvalue weighted by atomic mass is 32.1. The molecule has 0 fully saturated rings. The van der Waals surface area contributed by atoms with Crippen LogP contribution in [0.4, 0.5) is 10.7 Å². The van der Waals surface area contributed by atoms with E-state index in [1.54, 1.807) is 30.1 Å². The first-order valence-electron chi connectivity index (χ1n) is 8.85. The number of nitro benzene ring substituents is 1. The highest BCUT2D eigenvalue weighted by Crippen LogP contribution is 2.31. The number of hydrogen-bond donors (Lipinski definition) is 1. The van der Waals surface area contributed by atoms with Crippen molar-refractivity contribution in [2.45, 2.75) is 40.7 Å². The highest BCUT2D eigenvalue weighted by molar-refractivity contribution is 7.18. The first-order chi connectivity index (χ1) is 12.9. The van der Waals surface area contributed by atoms with Gasteiger partial charge in [0.2, 0.25) is 5.91 Å². The fraction of sp³-hybridized carbons (Fsp3) is 0.400. The third kappa shape index (κ3) is 4.75. The maximum Gasteiger partial charge on any atom is 0.269 e. The number of anilines is 1. The fourth-order valence-corrected chi connectivity index (χ4v) is 3.56. The number of aryl methyl sites for hydroxylation is 1. The van der Waals surface area contributed by atoms with Crippen LogP contribution in [-0.2, 0) is 4.79 Å². The lowest BCUT2D eigenvalue weighted by Gasteiger charge is -2.25. The number of hydrogen-bond acceptors (Lipinski definition) is 5. The number of carbonyl (C=O) groups excluding carboxylic acids is 2. The summed E-state index contributed by atoms with van der Waals surface area (Å²) in [6.45, 7) is 9.11. The van der Waals surface area contributed by atoms with Crippen molar-refractivity contribution in [1.82, 2.24) is 4.90 Å². The molecule has 2 aromatic rings. The van der Waals surface area contributed by atoms with Crippen LogP contribution in [0.5, 0.6) is 0 Å². The largest absolute Gasteiger partial charge is 0.334 e. The summed E-state index contributed by atoms with van der Waals surface area (Å²) in [6.07, 6.45) is 0. The van der Waals surface area contributed by atoms with Crippen molar-refractivity contribution in [2.24, 2.45) is 5.41 Å². The number of thiophene rings is 1.